The van der Waals surface area contributed by atoms with Gasteiger partial charge in [0.25, 0.3) is 5.79 Å². The van der Waals surface area contributed by atoms with Crippen LogP contribution in [-0.4, -0.2) is 85.7 Å². The molecule has 14 heteroatoms. The van der Waals surface area contributed by atoms with Gasteiger partial charge in [0.05, 0.1) is 0 Å². The van der Waals surface area contributed by atoms with Crippen LogP contribution in [-0.2, 0) is 47.6 Å². The van der Waals surface area contributed by atoms with Crippen LogP contribution >= 0.6 is 0 Å². The molecule has 1 saturated heterocycles. The van der Waals surface area contributed by atoms with E-state index >= 15 is 4.39 Å². The minimum Gasteiger partial charge on any atom is -0.462 e. The molecular formula is C20H29F2NO11. The second-order valence-electron chi connectivity index (χ2n) is 7.84. The summed E-state index contributed by atoms with van der Waals surface area (Å²) < 4.78 is 58.9. The van der Waals surface area contributed by atoms with Gasteiger partial charge in [-0.3, -0.25) is 19.2 Å². The monoisotopic (exact) mass is 497 g/mol. The van der Waals surface area contributed by atoms with Crippen molar-refractivity contribution in [1.29, 1.82) is 0 Å². The fourth-order valence-electron chi connectivity index (χ4n) is 3.39. The Morgan fingerprint density at radius 2 is 1.59 bits per heavy atom. The molecule has 194 valence electrons. The van der Waals surface area contributed by atoms with Gasteiger partial charge in [0.2, 0.25) is 6.10 Å². The molecule has 0 aromatic carbocycles. The zero-order valence-electron chi connectivity index (χ0n) is 19.7. The maximum atomic E-state index is 15.5. The number of carbonyl (C=O) groups is 5. The number of alkyl halides is 2. The van der Waals surface area contributed by atoms with Gasteiger partial charge in [0, 0.05) is 27.7 Å². The van der Waals surface area contributed by atoms with E-state index in [-0.39, 0.29) is 0 Å². The van der Waals surface area contributed by atoms with E-state index < -0.39 is 85.7 Å². The maximum Gasteiger partial charge on any atom is 0.407 e. The zero-order valence-corrected chi connectivity index (χ0v) is 19.7. The lowest BCUT2D eigenvalue weighted by Gasteiger charge is -2.54. The van der Waals surface area contributed by atoms with Crippen LogP contribution in [0.25, 0.3) is 0 Å². The number of amides is 1. The molecule has 0 spiro atoms. The molecule has 0 saturated carbocycles. The van der Waals surface area contributed by atoms with Crippen LogP contribution in [0.1, 0.15) is 41.5 Å². The molecule has 1 aliphatic heterocycles. The number of ether oxygens (including phenoxy) is 6. The first-order chi connectivity index (χ1) is 15.7. The smallest absolute Gasteiger partial charge is 0.407 e. The van der Waals surface area contributed by atoms with Crippen molar-refractivity contribution in [2.75, 3.05) is 19.9 Å². The number of hydrogen-bond acceptors (Lipinski definition) is 11. The summed E-state index contributed by atoms with van der Waals surface area (Å²) in [7, 11) is 0. The SMILES string of the molecule is CC(=O)OC[C@@H](OC(C)=O)[C@@]1(OC(C)=O)OC(C)(C)C(F)C(OC(C)=O)C1NC(=O)OCCF. The Kier molecular flexibility index (Phi) is 10.2. The molecule has 34 heavy (non-hydrogen) atoms. The van der Waals surface area contributed by atoms with Gasteiger partial charge in [-0.1, -0.05) is 0 Å². The molecule has 0 aromatic rings. The summed E-state index contributed by atoms with van der Waals surface area (Å²) in [6, 6.07) is -1.91. The minimum atomic E-state index is -2.59. The van der Waals surface area contributed by atoms with E-state index in [9.17, 15) is 28.4 Å². The van der Waals surface area contributed by atoms with E-state index in [1.54, 1.807) is 0 Å². The van der Waals surface area contributed by atoms with Crippen LogP contribution in [0.3, 0.4) is 0 Å². The Bertz CT molecular complexity index is 790. The van der Waals surface area contributed by atoms with Crippen molar-refractivity contribution in [2.24, 2.45) is 0 Å². The normalized spacial score (nSPS) is 26.4. The Balaban J connectivity index is 3.76. The number of carbonyl (C=O) groups excluding carboxylic acids is 5. The van der Waals surface area contributed by atoms with Gasteiger partial charge in [-0.05, 0) is 13.8 Å². The van der Waals surface area contributed by atoms with Gasteiger partial charge >= 0.3 is 30.0 Å². The van der Waals surface area contributed by atoms with Crippen molar-refractivity contribution in [2.45, 2.75) is 77.4 Å². The van der Waals surface area contributed by atoms with Crippen LogP contribution in [0.15, 0.2) is 0 Å². The maximum absolute atomic E-state index is 15.5. The molecule has 1 rings (SSSR count). The summed E-state index contributed by atoms with van der Waals surface area (Å²) in [4.78, 5) is 59.5. The fraction of sp³-hybridized carbons (Fsp3) is 0.750. The third-order valence-corrected chi connectivity index (χ3v) is 4.52. The van der Waals surface area contributed by atoms with E-state index in [4.69, 9.17) is 23.7 Å². The minimum absolute atomic E-state index is 0.677. The molecule has 5 atom stereocenters. The molecule has 1 aliphatic rings. The Hall–Kier alpha value is -3.03. The van der Waals surface area contributed by atoms with Crippen LogP contribution in [0, 0.1) is 0 Å². The third-order valence-electron chi connectivity index (χ3n) is 4.52. The molecule has 1 amide bonds. The summed E-state index contributed by atoms with van der Waals surface area (Å²) in [6.45, 7) is 3.89. The summed E-state index contributed by atoms with van der Waals surface area (Å²) >= 11 is 0. The van der Waals surface area contributed by atoms with Gasteiger partial charge in [-0.25, -0.2) is 13.6 Å². The quantitative estimate of drug-likeness (QED) is 0.357. The van der Waals surface area contributed by atoms with E-state index in [1.165, 1.54) is 13.8 Å². The molecule has 0 aliphatic carbocycles. The molecule has 0 aromatic heterocycles. The number of rotatable bonds is 9. The van der Waals surface area contributed by atoms with Crippen LogP contribution in [0.2, 0.25) is 0 Å². The first kappa shape index (κ1) is 29.0. The number of halogens is 2. The molecule has 1 fully saturated rings. The first-order valence-corrected chi connectivity index (χ1v) is 10.2. The Labute approximate surface area is 194 Å². The summed E-state index contributed by atoms with van der Waals surface area (Å²) in [6.07, 6.45) is -7.11. The van der Waals surface area contributed by atoms with Crippen molar-refractivity contribution >= 4 is 30.0 Å². The van der Waals surface area contributed by atoms with Crippen molar-refractivity contribution < 1.29 is 61.2 Å². The average molecular weight is 497 g/mol. The fourth-order valence-corrected chi connectivity index (χ4v) is 3.39. The standard InChI is InChI=1S/C20H29F2NO11/c1-10(24)30-9-14(31-11(2)25)20(33-13(4)27)17(23-18(28)29-8-7-21)15(32-12(3)26)16(22)19(5,6)34-20/h14-17H,7-9H2,1-6H3,(H,23,28)/t14-,15?,16?,17?,20-/m1/s1. The topological polar surface area (TPSA) is 153 Å². The summed E-state index contributed by atoms with van der Waals surface area (Å²) in [5.74, 6) is -6.38. The van der Waals surface area contributed by atoms with Crippen LogP contribution in [0.5, 0.6) is 0 Å². The second-order valence-corrected chi connectivity index (χ2v) is 7.84. The molecule has 12 nitrogen and oxygen atoms in total. The van der Waals surface area contributed by atoms with Crippen molar-refractivity contribution in [3.05, 3.63) is 0 Å². The number of alkyl carbamates (subject to hydrolysis) is 1. The highest BCUT2D eigenvalue weighted by atomic mass is 19.1. The largest absolute Gasteiger partial charge is 0.462 e. The van der Waals surface area contributed by atoms with Crippen molar-refractivity contribution in [1.82, 2.24) is 5.32 Å². The van der Waals surface area contributed by atoms with Crippen LogP contribution in [0.4, 0.5) is 13.6 Å². The van der Waals surface area contributed by atoms with Crippen molar-refractivity contribution in [3.63, 3.8) is 0 Å². The number of hydrogen-bond donors (Lipinski definition) is 1. The molecule has 1 heterocycles. The van der Waals surface area contributed by atoms with Gasteiger partial charge in [-0.15, -0.1) is 0 Å². The van der Waals surface area contributed by atoms with Crippen LogP contribution < -0.4 is 5.32 Å². The Morgan fingerprint density at radius 1 is 0.971 bits per heavy atom. The zero-order chi connectivity index (χ0) is 26.3. The molecule has 0 bridgehead atoms. The molecule has 3 unspecified atom stereocenters. The van der Waals surface area contributed by atoms with E-state index in [2.05, 4.69) is 10.1 Å². The summed E-state index contributed by atoms with van der Waals surface area (Å²) in [5.41, 5.74) is -1.87. The molecule has 1 N–H and O–H groups in total. The second kappa shape index (κ2) is 11.9. The van der Waals surface area contributed by atoms with E-state index in [0.29, 0.717) is 0 Å². The average Bonchev–Trinajstić information content (AvgIpc) is 2.68. The highest BCUT2D eigenvalue weighted by Crippen LogP contribution is 2.43. The Morgan fingerprint density at radius 3 is 2.06 bits per heavy atom. The molecule has 0 radical (unpaired) electrons. The van der Waals surface area contributed by atoms with E-state index in [0.717, 1.165) is 27.7 Å². The van der Waals surface area contributed by atoms with Gasteiger partial charge in [-0.2, -0.15) is 0 Å². The number of esters is 4. The first-order valence-electron chi connectivity index (χ1n) is 10.2. The third kappa shape index (κ3) is 7.50. The lowest BCUT2D eigenvalue weighted by atomic mass is 9.82. The van der Waals surface area contributed by atoms with Crippen molar-refractivity contribution in [3.8, 4) is 0 Å². The highest BCUT2D eigenvalue weighted by molar-refractivity contribution is 5.71. The van der Waals surface area contributed by atoms with Gasteiger partial charge in [0.1, 0.15) is 31.5 Å². The highest BCUT2D eigenvalue weighted by Gasteiger charge is 2.67. The predicted octanol–water partition coefficient (Wildman–Crippen LogP) is 0.884. The number of nitrogens with one attached hydrogen (secondary N) is 1. The van der Waals surface area contributed by atoms with E-state index in [1.807, 2.05) is 0 Å². The summed E-state index contributed by atoms with van der Waals surface area (Å²) in [5, 5.41) is 2.14. The lowest BCUT2D eigenvalue weighted by Crippen LogP contribution is -2.77. The van der Waals surface area contributed by atoms with Gasteiger partial charge in [0.15, 0.2) is 12.3 Å². The lowest BCUT2D eigenvalue weighted by molar-refractivity contribution is -0.365. The predicted molar refractivity (Wildman–Crippen MR) is 107 cm³/mol. The van der Waals surface area contributed by atoms with Gasteiger partial charge < -0.3 is 33.7 Å². The molecular weight excluding hydrogens is 468 g/mol.